The van der Waals surface area contributed by atoms with Crippen LogP contribution in [0.1, 0.15) is 33.1 Å². The van der Waals surface area contributed by atoms with Crippen LogP contribution >= 0.6 is 11.3 Å². The van der Waals surface area contributed by atoms with Gasteiger partial charge in [0.1, 0.15) is 6.10 Å². The second-order valence-corrected chi connectivity index (χ2v) is 10.8. The number of benzene rings is 3. The van der Waals surface area contributed by atoms with Crippen molar-refractivity contribution in [2.24, 2.45) is 0 Å². The number of nitrogens with zero attached hydrogens (tertiary/aromatic N) is 4. The van der Waals surface area contributed by atoms with Crippen molar-refractivity contribution in [2.45, 2.75) is 18.9 Å². The summed E-state index contributed by atoms with van der Waals surface area (Å²) in [5.41, 5.74) is 4.07. The highest BCUT2D eigenvalue weighted by Gasteiger charge is 2.22. The van der Waals surface area contributed by atoms with Crippen LogP contribution in [0, 0.1) is 0 Å². The molecule has 0 bridgehead atoms. The third-order valence-corrected chi connectivity index (χ3v) is 8.24. The van der Waals surface area contributed by atoms with Gasteiger partial charge in [-0.1, -0.05) is 60.7 Å². The fraction of sp³-hybridized carbons (Fsp3) is 0.156. The van der Waals surface area contributed by atoms with Crippen molar-refractivity contribution in [3.05, 3.63) is 120 Å². The van der Waals surface area contributed by atoms with Gasteiger partial charge in [0.25, 0.3) is 5.91 Å². The molecule has 0 aliphatic carbocycles. The summed E-state index contributed by atoms with van der Waals surface area (Å²) in [5, 5.41) is 14.0. The van der Waals surface area contributed by atoms with Crippen LogP contribution in [-0.4, -0.2) is 39.7 Å². The fourth-order valence-corrected chi connectivity index (χ4v) is 5.70. The molecule has 3 aromatic heterocycles. The number of rotatable bonds is 10. The Morgan fingerprint density at radius 1 is 1.05 bits per heavy atom. The molecule has 3 heterocycles. The molecule has 0 fully saturated rings. The Kier molecular flexibility index (Phi) is 7.83. The summed E-state index contributed by atoms with van der Waals surface area (Å²) >= 11 is 1.31. The summed E-state index contributed by atoms with van der Waals surface area (Å²) in [5.74, 6) is 0.713. The molecule has 3 aromatic carbocycles. The number of hydrogen-bond donors (Lipinski definition) is 2. The minimum atomic E-state index is -0.835. The first kappa shape index (κ1) is 27.4. The first-order chi connectivity index (χ1) is 20.5. The second kappa shape index (κ2) is 12.0. The summed E-state index contributed by atoms with van der Waals surface area (Å²) < 4.78 is 13.2. The molecule has 42 heavy (non-hydrogen) atoms. The lowest BCUT2D eigenvalue weighted by Crippen LogP contribution is -2.23. The SMILES string of the molecule is CO[C@H](Cn1c(NC(=O)c2ccc(-c3cnco3)s2)nc2cc(N(C)C(O)c3ccccc3)ccc21)c1ccccc1. The van der Waals surface area contributed by atoms with Crippen molar-refractivity contribution >= 4 is 39.9 Å². The number of carbonyl (C=O) groups excluding carboxylic acids is 1. The lowest BCUT2D eigenvalue weighted by Gasteiger charge is -2.26. The molecule has 212 valence electrons. The van der Waals surface area contributed by atoms with Gasteiger partial charge in [0.05, 0.1) is 33.5 Å². The van der Waals surface area contributed by atoms with Gasteiger partial charge in [0.15, 0.2) is 18.4 Å². The van der Waals surface area contributed by atoms with Gasteiger partial charge in [0.2, 0.25) is 5.95 Å². The zero-order valence-electron chi connectivity index (χ0n) is 23.0. The van der Waals surface area contributed by atoms with Crippen LogP contribution in [0.25, 0.3) is 21.7 Å². The molecule has 0 saturated carbocycles. The maximum atomic E-state index is 13.4. The van der Waals surface area contributed by atoms with Crippen molar-refractivity contribution < 1.29 is 19.1 Å². The molecule has 0 saturated heterocycles. The molecule has 6 aromatic rings. The van der Waals surface area contributed by atoms with Crippen molar-refractivity contribution in [1.82, 2.24) is 14.5 Å². The molecule has 0 aliphatic rings. The van der Waals surface area contributed by atoms with Crippen LogP contribution < -0.4 is 10.2 Å². The second-order valence-electron chi connectivity index (χ2n) is 9.73. The number of methoxy groups -OCH3 is 1. The largest absolute Gasteiger partial charge is 0.443 e. The average Bonchev–Trinajstić information content (AvgIpc) is 3.80. The molecule has 2 atom stereocenters. The number of oxazole rings is 1. The molecule has 6 rings (SSSR count). The number of fused-ring (bicyclic) bond motifs is 1. The van der Waals surface area contributed by atoms with Gasteiger partial charge >= 0.3 is 0 Å². The van der Waals surface area contributed by atoms with Crippen LogP contribution in [0.5, 0.6) is 0 Å². The number of thiophene rings is 1. The van der Waals surface area contributed by atoms with Crippen LogP contribution in [0.2, 0.25) is 0 Å². The summed E-state index contributed by atoms with van der Waals surface area (Å²) in [7, 11) is 3.50. The Hall–Kier alpha value is -4.77. The minimum absolute atomic E-state index is 0.277. The molecule has 10 heteroatoms. The topological polar surface area (TPSA) is 106 Å². The Morgan fingerprint density at radius 3 is 2.48 bits per heavy atom. The predicted molar refractivity (Wildman–Crippen MR) is 163 cm³/mol. The standard InChI is InChI=1S/C32H29N5O4S/c1-36(31(39)22-11-7-4-8-12-22)23-13-14-25-24(17-23)34-32(37(25)19-27(40-2)21-9-5-3-6-10-21)35-30(38)29-16-15-28(42-29)26-18-33-20-41-26/h3-18,20,27,31,39H,19H2,1-2H3,(H,34,35,38)/t27-,31?/m1/s1. The smallest absolute Gasteiger partial charge is 0.268 e. The lowest BCUT2D eigenvalue weighted by molar-refractivity contribution is 0.0890. The third kappa shape index (κ3) is 5.55. The first-order valence-corrected chi connectivity index (χ1v) is 14.2. The Labute approximate surface area is 246 Å². The van der Waals surface area contributed by atoms with Crippen LogP contribution in [0.3, 0.4) is 0 Å². The summed E-state index contributed by atoms with van der Waals surface area (Å²) in [6.45, 7) is 0.419. The summed E-state index contributed by atoms with van der Waals surface area (Å²) in [6.07, 6.45) is 1.87. The Balaban J connectivity index is 1.35. The van der Waals surface area contributed by atoms with Gasteiger partial charge in [-0.05, 0) is 35.9 Å². The number of imidazole rings is 1. The van der Waals surface area contributed by atoms with Gasteiger partial charge in [0, 0.05) is 25.4 Å². The zero-order valence-corrected chi connectivity index (χ0v) is 23.9. The van der Waals surface area contributed by atoms with E-state index in [0.717, 1.165) is 27.2 Å². The molecule has 2 N–H and O–H groups in total. The highest BCUT2D eigenvalue weighted by molar-refractivity contribution is 7.17. The van der Waals surface area contributed by atoms with Gasteiger partial charge in [-0.2, -0.15) is 0 Å². The van der Waals surface area contributed by atoms with Gasteiger partial charge < -0.3 is 23.7 Å². The lowest BCUT2D eigenvalue weighted by atomic mass is 10.1. The number of ether oxygens (including phenoxy) is 1. The third-order valence-electron chi connectivity index (χ3n) is 7.14. The van der Waals surface area contributed by atoms with E-state index in [0.29, 0.717) is 28.6 Å². The predicted octanol–water partition coefficient (Wildman–Crippen LogP) is 6.52. The van der Waals surface area contributed by atoms with Crippen LogP contribution in [0.15, 0.2) is 108 Å². The summed E-state index contributed by atoms with van der Waals surface area (Å²) in [4.78, 5) is 25.3. The molecule has 0 aliphatic heterocycles. The van der Waals surface area contributed by atoms with E-state index in [1.54, 1.807) is 24.3 Å². The number of aliphatic hydroxyl groups excluding tert-OH is 1. The number of aliphatic hydroxyl groups is 1. The average molecular weight is 580 g/mol. The minimum Gasteiger partial charge on any atom is -0.443 e. The monoisotopic (exact) mass is 579 g/mol. The van der Waals surface area contributed by atoms with Gasteiger partial charge in [-0.3, -0.25) is 10.1 Å². The summed E-state index contributed by atoms with van der Waals surface area (Å²) in [6, 6.07) is 28.8. The van der Waals surface area contributed by atoms with Crippen molar-refractivity contribution in [3.8, 4) is 10.6 Å². The molecular weight excluding hydrogens is 550 g/mol. The number of hydrogen-bond acceptors (Lipinski definition) is 8. The number of anilines is 2. The van der Waals surface area contributed by atoms with E-state index in [1.165, 1.54) is 17.7 Å². The van der Waals surface area contributed by atoms with E-state index in [9.17, 15) is 9.90 Å². The van der Waals surface area contributed by atoms with Gasteiger partial charge in [-0.25, -0.2) is 9.97 Å². The molecule has 0 radical (unpaired) electrons. The Bertz CT molecular complexity index is 1780. The van der Waals surface area contributed by atoms with E-state index < -0.39 is 6.23 Å². The van der Waals surface area contributed by atoms with E-state index in [2.05, 4.69) is 10.3 Å². The maximum absolute atomic E-state index is 13.4. The van der Waals surface area contributed by atoms with Gasteiger partial charge in [-0.15, -0.1) is 11.3 Å². The van der Waals surface area contributed by atoms with E-state index in [4.69, 9.17) is 14.1 Å². The van der Waals surface area contributed by atoms with Crippen LogP contribution in [-0.2, 0) is 11.3 Å². The van der Waals surface area contributed by atoms with Crippen molar-refractivity contribution in [1.29, 1.82) is 0 Å². The molecule has 1 unspecified atom stereocenters. The fourth-order valence-electron chi connectivity index (χ4n) is 4.85. The number of aromatic nitrogens is 3. The number of nitrogens with one attached hydrogen (secondary N) is 1. The molecule has 0 spiro atoms. The quantitative estimate of drug-likeness (QED) is 0.178. The first-order valence-electron chi connectivity index (χ1n) is 13.4. The highest BCUT2D eigenvalue weighted by Crippen LogP contribution is 2.32. The van der Waals surface area contributed by atoms with Crippen molar-refractivity contribution in [2.75, 3.05) is 24.4 Å². The number of amides is 1. The molecule has 1 amide bonds. The van der Waals surface area contributed by atoms with E-state index in [1.807, 2.05) is 96.5 Å². The molecule has 9 nitrogen and oxygen atoms in total. The maximum Gasteiger partial charge on any atom is 0.268 e. The van der Waals surface area contributed by atoms with Crippen LogP contribution in [0.4, 0.5) is 11.6 Å². The van der Waals surface area contributed by atoms with E-state index >= 15 is 0 Å². The molecular formula is C32H29N5O4S. The van der Waals surface area contributed by atoms with E-state index in [-0.39, 0.29) is 12.0 Å². The Morgan fingerprint density at radius 2 is 1.79 bits per heavy atom. The number of carbonyl (C=O) groups is 1. The zero-order chi connectivity index (χ0) is 29.1. The highest BCUT2D eigenvalue weighted by atomic mass is 32.1. The normalized spacial score (nSPS) is 12.7. The van der Waals surface area contributed by atoms with Crippen molar-refractivity contribution in [3.63, 3.8) is 0 Å².